The molecule has 0 aromatic carbocycles. The molecule has 1 saturated heterocycles. The van der Waals surface area contributed by atoms with Crippen LogP contribution in [-0.4, -0.2) is 19.0 Å². The fraction of sp³-hybridized carbons (Fsp3) is 0.909. The third-order valence-corrected chi connectivity index (χ3v) is 3.06. The highest BCUT2D eigenvalue weighted by Crippen LogP contribution is 2.30. The summed E-state index contributed by atoms with van der Waals surface area (Å²) in [5.41, 5.74) is 0.0830. The molecule has 2 heteroatoms. The number of ether oxygens (including phenoxy) is 1. The van der Waals surface area contributed by atoms with Crippen LogP contribution >= 0.6 is 0 Å². The number of rotatable bonds is 2. The number of hydrogen-bond acceptors (Lipinski definition) is 2. The van der Waals surface area contributed by atoms with Crippen LogP contribution in [-0.2, 0) is 9.53 Å². The van der Waals surface area contributed by atoms with Crippen LogP contribution in [0.5, 0.6) is 0 Å². The van der Waals surface area contributed by atoms with E-state index < -0.39 is 0 Å². The number of hydrogen-bond donors (Lipinski definition) is 0. The standard InChI is InChI=1S/C11H20O2/c1-8(11(2,3)4)10(12)9-5-6-13-7-9/h8-9H,5-7H2,1-4H3. The smallest absolute Gasteiger partial charge is 0.141 e. The lowest BCUT2D eigenvalue weighted by atomic mass is 9.76. The Morgan fingerprint density at radius 2 is 2.08 bits per heavy atom. The Kier molecular flexibility index (Phi) is 3.12. The fourth-order valence-electron chi connectivity index (χ4n) is 1.54. The zero-order valence-corrected chi connectivity index (χ0v) is 9.09. The van der Waals surface area contributed by atoms with Crippen molar-refractivity contribution < 1.29 is 9.53 Å². The Hall–Kier alpha value is -0.370. The van der Waals surface area contributed by atoms with Gasteiger partial charge < -0.3 is 4.74 Å². The molecule has 0 aliphatic carbocycles. The van der Waals surface area contributed by atoms with Crippen LogP contribution in [0, 0.1) is 17.3 Å². The number of ketones is 1. The monoisotopic (exact) mass is 184 g/mol. The molecule has 2 unspecified atom stereocenters. The van der Waals surface area contributed by atoms with Gasteiger partial charge in [-0.1, -0.05) is 27.7 Å². The summed E-state index contributed by atoms with van der Waals surface area (Å²) in [6.07, 6.45) is 0.916. The molecule has 1 heterocycles. The van der Waals surface area contributed by atoms with Crippen LogP contribution in [0.2, 0.25) is 0 Å². The molecule has 0 aromatic heterocycles. The normalized spacial score (nSPS) is 26.0. The van der Waals surface area contributed by atoms with E-state index in [0.717, 1.165) is 13.0 Å². The minimum Gasteiger partial charge on any atom is -0.381 e. The molecule has 1 aliphatic heterocycles. The summed E-state index contributed by atoms with van der Waals surface area (Å²) in [5, 5.41) is 0. The number of carbonyl (C=O) groups is 1. The first-order chi connectivity index (χ1) is 5.93. The van der Waals surface area contributed by atoms with Gasteiger partial charge in [0.1, 0.15) is 5.78 Å². The summed E-state index contributed by atoms with van der Waals surface area (Å²) in [4.78, 5) is 11.9. The van der Waals surface area contributed by atoms with Crippen LogP contribution in [0.25, 0.3) is 0 Å². The van der Waals surface area contributed by atoms with E-state index in [1.54, 1.807) is 0 Å². The van der Waals surface area contributed by atoms with E-state index in [1.165, 1.54) is 0 Å². The molecule has 13 heavy (non-hydrogen) atoms. The van der Waals surface area contributed by atoms with Crippen molar-refractivity contribution in [3.8, 4) is 0 Å². The number of carbonyl (C=O) groups excluding carboxylic acids is 1. The molecule has 0 spiro atoms. The van der Waals surface area contributed by atoms with Crippen molar-refractivity contribution in [1.82, 2.24) is 0 Å². The van der Waals surface area contributed by atoms with Crippen molar-refractivity contribution in [1.29, 1.82) is 0 Å². The van der Waals surface area contributed by atoms with Crippen molar-refractivity contribution in [2.24, 2.45) is 17.3 Å². The van der Waals surface area contributed by atoms with Gasteiger partial charge in [-0.25, -0.2) is 0 Å². The molecule has 0 bridgehead atoms. The van der Waals surface area contributed by atoms with Gasteiger partial charge in [0.15, 0.2) is 0 Å². The lowest BCUT2D eigenvalue weighted by Gasteiger charge is -2.27. The summed E-state index contributed by atoms with van der Waals surface area (Å²) in [5.74, 6) is 0.679. The third kappa shape index (κ3) is 2.53. The molecule has 2 atom stereocenters. The van der Waals surface area contributed by atoms with Crippen LogP contribution < -0.4 is 0 Å². The second-order valence-electron chi connectivity index (χ2n) is 5.05. The summed E-state index contributed by atoms with van der Waals surface area (Å²) >= 11 is 0. The quantitative estimate of drug-likeness (QED) is 0.658. The Morgan fingerprint density at radius 3 is 2.46 bits per heavy atom. The number of Topliss-reactive ketones (excluding diaryl/α,β-unsaturated/α-hetero) is 1. The van der Waals surface area contributed by atoms with Crippen molar-refractivity contribution in [3.05, 3.63) is 0 Å². The largest absolute Gasteiger partial charge is 0.381 e. The lowest BCUT2D eigenvalue weighted by Crippen LogP contribution is -2.31. The maximum absolute atomic E-state index is 11.9. The van der Waals surface area contributed by atoms with Gasteiger partial charge in [0.05, 0.1) is 6.61 Å². The second kappa shape index (κ2) is 3.79. The van der Waals surface area contributed by atoms with Gasteiger partial charge in [0.25, 0.3) is 0 Å². The SMILES string of the molecule is CC(C(=O)C1CCOC1)C(C)(C)C. The molecule has 0 saturated carbocycles. The zero-order chi connectivity index (χ0) is 10.1. The Balaban J connectivity index is 2.56. The van der Waals surface area contributed by atoms with Crippen molar-refractivity contribution in [3.63, 3.8) is 0 Å². The summed E-state index contributed by atoms with van der Waals surface area (Å²) in [6.45, 7) is 9.77. The summed E-state index contributed by atoms with van der Waals surface area (Å²) in [7, 11) is 0. The highest BCUT2D eigenvalue weighted by Gasteiger charge is 2.33. The molecule has 0 N–H and O–H groups in total. The molecular weight excluding hydrogens is 164 g/mol. The molecule has 0 amide bonds. The Morgan fingerprint density at radius 1 is 1.46 bits per heavy atom. The second-order valence-corrected chi connectivity index (χ2v) is 5.05. The summed E-state index contributed by atoms with van der Waals surface area (Å²) in [6, 6.07) is 0. The highest BCUT2D eigenvalue weighted by atomic mass is 16.5. The van der Waals surface area contributed by atoms with Crippen LogP contribution in [0.3, 0.4) is 0 Å². The van der Waals surface area contributed by atoms with Gasteiger partial charge in [0.2, 0.25) is 0 Å². The molecule has 0 aromatic rings. The summed E-state index contributed by atoms with van der Waals surface area (Å²) < 4.78 is 5.22. The predicted octanol–water partition coefficient (Wildman–Crippen LogP) is 2.27. The van der Waals surface area contributed by atoms with Crippen LogP contribution in [0.4, 0.5) is 0 Å². The average molecular weight is 184 g/mol. The minimum absolute atomic E-state index is 0.0830. The van der Waals surface area contributed by atoms with E-state index in [9.17, 15) is 4.79 Å². The molecule has 1 fully saturated rings. The van der Waals surface area contributed by atoms with Crippen molar-refractivity contribution in [2.75, 3.05) is 13.2 Å². The van der Waals surface area contributed by atoms with Crippen LogP contribution in [0.15, 0.2) is 0 Å². The Labute approximate surface area is 80.7 Å². The molecule has 1 rings (SSSR count). The topological polar surface area (TPSA) is 26.3 Å². The van der Waals surface area contributed by atoms with Gasteiger partial charge in [-0.05, 0) is 11.8 Å². The van der Waals surface area contributed by atoms with Gasteiger partial charge in [-0.3, -0.25) is 4.79 Å². The van der Waals surface area contributed by atoms with E-state index in [4.69, 9.17) is 4.74 Å². The first-order valence-electron chi connectivity index (χ1n) is 5.04. The predicted molar refractivity (Wildman–Crippen MR) is 52.6 cm³/mol. The van der Waals surface area contributed by atoms with Gasteiger partial charge in [-0.2, -0.15) is 0 Å². The molecular formula is C11H20O2. The van der Waals surface area contributed by atoms with Crippen LogP contribution in [0.1, 0.15) is 34.1 Å². The average Bonchev–Trinajstić information content (AvgIpc) is 2.51. The maximum atomic E-state index is 11.9. The first kappa shape index (κ1) is 10.7. The van der Waals surface area contributed by atoms with E-state index in [1.807, 2.05) is 6.92 Å². The fourth-order valence-corrected chi connectivity index (χ4v) is 1.54. The highest BCUT2D eigenvalue weighted by molar-refractivity contribution is 5.84. The third-order valence-electron chi connectivity index (χ3n) is 3.06. The van der Waals surface area contributed by atoms with E-state index in [2.05, 4.69) is 20.8 Å². The molecule has 2 nitrogen and oxygen atoms in total. The van der Waals surface area contributed by atoms with Crippen molar-refractivity contribution in [2.45, 2.75) is 34.1 Å². The minimum atomic E-state index is 0.0830. The Bertz CT molecular complexity index is 185. The van der Waals surface area contributed by atoms with Gasteiger partial charge >= 0.3 is 0 Å². The maximum Gasteiger partial charge on any atom is 0.141 e. The van der Waals surface area contributed by atoms with E-state index in [-0.39, 0.29) is 17.3 Å². The van der Waals surface area contributed by atoms with Gasteiger partial charge in [-0.15, -0.1) is 0 Å². The van der Waals surface area contributed by atoms with Crippen molar-refractivity contribution >= 4 is 5.78 Å². The molecule has 76 valence electrons. The molecule has 0 radical (unpaired) electrons. The van der Waals surface area contributed by atoms with Gasteiger partial charge in [0, 0.05) is 18.4 Å². The van der Waals surface area contributed by atoms with E-state index in [0.29, 0.717) is 12.4 Å². The lowest BCUT2D eigenvalue weighted by molar-refractivity contribution is -0.129. The van der Waals surface area contributed by atoms with E-state index >= 15 is 0 Å². The molecule has 1 aliphatic rings. The first-order valence-corrected chi connectivity index (χ1v) is 5.04. The zero-order valence-electron chi connectivity index (χ0n) is 9.09.